The second-order valence-corrected chi connectivity index (χ2v) is 12.2. The van der Waals surface area contributed by atoms with Crippen molar-refractivity contribution in [1.29, 1.82) is 0 Å². The number of aromatic nitrogens is 1. The number of carbonyl (C=O) groups excluding carboxylic acids is 3. The van der Waals surface area contributed by atoms with E-state index in [1.165, 1.54) is 47.4 Å². The number of carbonyl (C=O) groups is 3. The van der Waals surface area contributed by atoms with Gasteiger partial charge in [-0.1, -0.05) is 72.3 Å². The van der Waals surface area contributed by atoms with E-state index < -0.39 is 22.9 Å². The number of rotatable bonds is 10. The number of hydrogen-bond donors (Lipinski definition) is 3. The zero-order valence-electron chi connectivity index (χ0n) is 23.3. The topological polar surface area (TPSA) is 100 Å². The summed E-state index contributed by atoms with van der Waals surface area (Å²) in [6.07, 6.45) is 1.76. The first-order valence-corrected chi connectivity index (χ1v) is 15.6. The quantitative estimate of drug-likeness (QED) is 0.106. The average molecular weight is 645 g/mol. The van der Waals surface area contributed by atoms with Gasteiger partial charge in [-0.3, -0.25) is 14.4 Å². The number of anilines is 2. The molecule has 7 nitrogen and oxygen atoms in total. The van der Waals surface area contributed by atoms with Crippen LogP contribution in [-0.2, 0) is 9.59 Å². The van der Waals surface area contributed by atoms with E-state index in [0.717, 1.165) is 15.1 Å². The molecule has 1 atom stereocenters. The normalized spacial score (nSPS) is 12.0. The number of halogens is 2. The van der Waals surface area contributed by atoms with Gasteiger partial charge in [0.05, 0.1) is 20.5 Å². The molecule has 0 aliphatic heterocycles. The van der Waals surface area contributed by atoms with Crippen molar-refractivity contribution in [2.45, 2.75) is 23.5 Å². The molecule has 11 heteroatoms. The molecule has 0 fully saturated rings. The maximum atomic E-state index is 14.6. The van der Waals surface area contributed by atoms with Crippen molar-refractivity contribution in [2.75, 3.05) is 10.6 Å². The van der Waals surface area contributed by atoms with Gasteiger partial charge in [0.25, 0.3) is 11.8 Å². The Labute approximate surface area is 266 Å². The van der Waals surface area contributed by atoms with Gasteiger partial charge in [0.15, 0.2) is 5.13 Å². The van der Waals surface area contributed by atoms with E-state index in [1.807, 2.05) is 37.3 Å². The second-order valence-electron chi connectivity index (χ2n) is 9.49. The Bertz CT molecular complexity index is 1810. The lowest BCUT2D eigenvalue weighted by atomic mass is 10.1. The van der Waals surface area contributed by atoms with Crippen LogP contribution in [0.1, 0.15) is 29.3 Å². The number of thiazole rings is 1. The summed E-state index contributed by atoms with van der Waals surface area (Å²) in [4.78, 5) is 44.7. The molecule has 0 saturated carbocycles. The van der Waals surface area contributed by atoms with Crippen LogP contribution in [0, 0.1) is 5.82 Å². The van der Waals surface area contributed by atoms with Crippen molar-refractivity contribution in [3.8, 4) is 0 Å². The smallest absolute Gasteiger partial charge is 0.272 e. The number of fused-ring (bicyclic) bond motifs is 1. The summed E-state index contributed by atoms with van der Waals surface area (Å²) in [5, 5.41) is 8.45. The predicted molar refractivity (Wildman–Crippen MR) is 177 cm³/mol. The zero-order chi connectivity index (χ0) is 31.1. The van der Waals surface area contributed by atoms with Gasteiger partial charge < -0.3 is 16.0 Å². The molecular formula is C33H26ClFN4O3S2. The SMILES string of the molecule is CCC(Sc1cccc(NC(=O)/C(=C\c2c(F)cccc2Cl)NC(=O)c2ccccc2)c1)C(=O)Nc1nc2ccccc2s1. The average Bonchev–Trinajstić information content (AvgIpc) is 3.44. The highest BCUT2D eigenvalue weighted by Crippen LogP contribution is 2.31. The zero-order valence-corrected chi connectivity index (χ0v) is 25.7. The Morgan fingerprint density at radius 2 is 1.70 bits per heavy atom. The monoisotopic (exact) mass is 644 g/mol. The fourth-order valence-corrected chi connectivity index (χ4v) is 6.28. The number of amides is 3. The van der Waals surface area contributed by atoms with Crippen molar-refractivity contribution in [1.82, 2.24) is 10.3 Å². The largest absolute Gasteiger partial charge is 0.321 e. The van der Waals surface area contributed by atoms with Crippen LogP contribution < -0.4 is 16.0 Å². The van der Waals surface area contributed by atoms with E-state index in [4.69, 9.17) is 11.6 Å². The molecule has 1 unspecified atom stereocenters. The maximum absolute atomic E-state index is 14.6. The standard InChI is InChI=1S/C33H26ClFN4O3S2/c1-2-28(32(42)39-33-38-26-16-6-7-17-29(26)44-33)43-22-13-8-12-21(18-22)36-31(41)27(19-23-24(34)14-9-15-25(23)35)37-30(40)20-10-4-3-5-11-20/h3-19,28H,2H2,1H3,(H,36,41)(H,37,40)(H,38,39,42)/b27-19+. The highest BCUT2D eigenvalue weighted by Gasteiger charge is 2.21. The summed E-state index contributed by atoms with van der Waals surface area (Å²) < 4.78 is 15.6. The molecule has 222 valence electrons. The third-order valence-corrected chi connectivity index (χ3v) is 9.01. The van der Waals surface area contributed by atoms with Gasteiger partial charge in [0, 0.05) is 21.7 Å². The Kier molecular flexibility index (Phi) is 10.1. The van der Waals surface area contributed by atoms with E-state index in [-0.39, 0.29) is 22.2 Å². The van der Waals surface area contributed by atoms with Crippen LogP contribution in [0.25, 0.3) is 16.3 Å². The predicted octanol–water partition coefficient (Wildman–Crippen LogP) is 8.01. The van der Waals surface area contributed by atoms with Gasteiger partial charge in [0.2, 0.25) is 5.91 Å². The Hall–Kier alpha value is -4.51. The fourth-order valence-electron chi connectivity index (χ4n) is 4.18. The van der Waals surface area contributed by atoms with E-state index in [2.05, 4.69) is 20.9 Å². The lowest BCUT2D eigenvalue weighted by molar-refractivity contribution is -0.116. The fraction of sp³-hybridized carbons (Fsp3) is 0.0909. The third-order valence-electron chi connectivity index (χ3n) is 6.37. The van der Waals surface area contributed by atoms with Crippen LogP contribution in [0.5, 0.6) is 0 Å². The summed E-state index contributed by atoms with van der Waals surface area (Å²) in [5.41, 5.74) is 1.31. The summed E-state index contributed by atoms with van der Waals surface area (Å²) in [7, 11) is 0. The van der Waals surface area contributed by atoms with Gasteiger partial charge in [-0.15, -0.1) is 11.8 Å². The molecule has 0 aliphatic rings. The highest BCUT2D eigenvalue weighted by molar-refractivity contribution is 8.00. The minimum absolute atomic E-state index is 0.0399. The molecule has 1 heterocycles. The number of benzene rings is 4. The minimum atomic E-state index is -0.684. The van der Waals surface area contributed by atoms with Crippen molar-refractivity contribution in [3.63, 3.8) is 0 Å². The van der Waals surface area contributed by atoms with E-state index in [0.29, 0.717) is 22.8 Å². The number of hydrogen-bond acceptors (Lipinski definition) is 6. The first-order valence-electron chi connectivity index (χ1n) is 13.6. The molecule has 5 aromatic rings. The third kappa shape index (κ3) is 7.71. The molecule has 3 amide bonds. The summed E-state index contributed by atoms with van der Waals surface area (Å²) in [6, 6.07) is 27.1. The summed E-state index contributed by atoms with van der Waals surface area (Å²) in [6.45, 7) is 1.92. The lowest BCUT2D eigenvalue weighted by Crippen LogP contribution is -2.30. The summed E-state index contributed by atoms with van der Waals surface area (Å²) in [5.74, 6) is -2.06. The minimum Gasteiger partial charge on any atom is -0.321 e. The van der Waals surface area contributed by atoms with E-state index >= 15 is 0 Å². The Morgan fingerprint density at radius 1 is 0.955 bits per heavy atom. The molecule has 0 bridgehead atoms. The molecule has 5 rings (SSSR count). The van der Waals surface area contributed by atoms with Crippen molar-refractivity contribution in [3.05, 3.63) is 125 Å². The van der Waals surface area contributed by atoms with Crippen LogP contribution in [0.3, 0.4) is 0 Å². The van der Waals surface area contributed by atoms with E-state index in [9.17, 15) is 18.8 Å². The molecule has 0 radical (unpaired) electrons. The maximum Gasteiger partial charge on any atom is 0.272 e. The van der Waals surface area contributed by atoms with Crippen LogP contribution in [0.4, 0.5) is 15.2 Å². The second kappa shape index (κ2) is 14.3. The number of para-hydroxylation sites is 1. The number of thioether (sulfide) groups is 1. The van der Waals surface area contributed by atoms with Crippen LogP contribution in [-0.4, -0.2) is 28.0 Å². The molecule has 1 aromatic heterocycles. The molecule has 3 N–H and O–H groups in total. The van der Waals surface area contributed by atoms with Crippen molar-refractivity contribution < 1.29 is 18.8 Å². The Balaban J connectivity index is 1.32. The molecule has 0 spiro atoms. The molecular weight excluding hydrogens is 619 g/mol. The van der Waals surface area contributed by atoms with Gasteiger partial charge in [0.1, 0.15) is 11.5 Å². The molecule has 44 heavy (non-hydrogen) atoms. The van der Waals surface area contributed by atoms with Crippen LogP contribution in [0.15, 0.2) is 108 Å². The lowest BCUT2D eigenvalue weighted by Gasteiger charge is -2.15. The van der Waals surface area contributed by atoms with Gasteiger partial charge in [-0.05, 0) is 67.1 Å². The summed E-state index contributed by atoms with van der Waals surface area (Å²) >= 11 is 8.96. The van der Waals surface area contributed by atoms with Gasteiger partial charge in [-0.2, -0.15) is 0 Å². The van der Waals surface area contributed by atoms with Crippen LogP contribution in [0.2, 0.25) is 5.02 Å². The van der Waals surface area contributed by atoms with Crippen molar-refractivity contribution >= 4 is 79.5 Å². The van der Waals surface area contributed by atoms with Crippen LogP contribution >= 0.6 is 34.7 Å². The Morgan fingerprint density at radius 3 is 2.45 bits per heavy atom. The first kappa shape index (κ1) is 30.9. The van der Waals surface area contributed by atoms with Crippen molar-refractivity contribution in [2.24, 2.45) is 0 Å². The van der Waals surface area contributed by atoms with Gasteiger partial charge >= 0.3 is 0 Å². The number of nitrogens with one attached hydrogen (secondary N) is 3. The highest BCUT2D eigenvalue weighted by atomic mass is 35.5. The van der Waals surface area contributed by atoms with E-state index in [1.54, 1.807) is 48.5 Å². The molecule has 4 aromatic carbocycles. The first-order chi connectivity index (χ1) is 21.3. The van der Waals surface area contributed by atoms with Gasteiger partial charge in [-0.25, -0.2) is 9.37 Å². The molecule has 0 saturated heterocycles. The molecule has 0 aliphatic carbocycles. The number of nitrogens with zero attached hydrogens (tertiary/aromatic N) is 1.